The van der Waals surface area contributed by atoms with E-state index >= 15 is 0 Å². The van der Waals surface area contributed by atoms with Crippen molar-refractivity contribution in [2.75, 3.05) is 19.6 Å². The number of likely N-dealkylation sites (tertiary alicyclic amines) is 1. The lowest BCUT2D eigenvalue weighted by atomic mass is 9.76. The Morgan fingerprint density at radius 2 is 2.06 bits per heavy atom. The van der Waals surface area contributed by atoms with Crippen LogP contribution in [0.15, 0.2) is 0 Å². The minimum atomic E-state index is -0.613. The van der Waals surface area contributed by atoms with E-state index in [-0.39, 0.29) is 5.92 Å². The van der Waals surface area contributed by atoms with Crippen LogP contribution in [0.5, 0.6) is 0 Å². The molecule has 0 aromatic rings. The topological polar surface area (TPSA) is 40.5 Å². The van der Waals surface area contributed by atoms with Crippen LogP contribution < -0.4 is 0 Å². The van der Waals surface area contributed by atoms with Gasteiger partial charge in [0.25, 0.3) is 0 Å². The first-order valence-electron chi connectivity index (χ1n) is 6.88. The lowest BCUT2D eigenvalue weighted by Crippen LogP contribution is -2.40. The van der Waals surface area contributed by atoms with Gasteiger partial charge < -0.3 is 10.0 Å². The lowest BCUT2D eigenvalue weighted by molar-refractivity contribution is -0.151. The largest absolute Gasteiger partial charge is 0.481 e. The van der Waals surface area contributed by atoms with Gasteiger partial charge in [0.15, 0.2) is 0 Å². The predicted molar refractivity (Wildman–Crippen MR) is 70.0 cm³/mol. The maximum atomic E-state index is 11.5. The molecule has 0 aliphatic carbocycles. The molecule has 2 atom stereocenters. The van der Waals surface area contributed by atoms with Crippen molar-refractivity contribution in [3.8, 4) is 0 Å². The summed E-state index contributed by atoms with van der Waals surface area (Å²) >= 11 is 0. The van der Waals surface area contributed by atoms with E-state index in [1.54, 1.807) is 0 Å². The maximum absolute atomic E-state index is 11.5. The van der Waals surface area contributed by atoms with Crippen LogP contribution in [-0.4, -0.2) is 35.6 Å². The Hall–Kier alpha value is -0.570. The summed E-state index contributed by atoms with van der Waals surface area (Å²) in [5.41, 5.74) is -0.508. The molecule has 0 spiro atoms. The first-order chi connectivity index (χ1) is 7.92. The van der Waals surface area contributed by atoms with E-state index in [1.807, 2.05) is 13.8 Å². The third kappa shape index (κ3) is 3.21. The van der Waals surface area contributed by atoms with Crippen LogP contribution in [-0.2, 0) is 4.79 Å². The van der Waals surface area contributed by atoms with Crippen molar-refractivity contribution in [3.63, 3.8) is 0 Å². The zero-order valence-electron chi connectivity index (χ0n) is 11.7. The van der Waals surface area contributed by atoms with Crippen LogP contribution in [0.4, 0.5) is 0 Å². The molecule has 3 heteroatoms. The fourth-order valence-electron chi connectivity index (χ4n) is 2.99. The maximum Gasteiger partial charge on any atom is 0.311 e. The van der Waals surface area contributed by atoms with Crippen LogP contribution in [0.2, 0.25) is 0 Å². The Morgan fingerprint density at radius 3 is 2.47 bits per heavy atom. The number of carboxylic acids is 1. The van der Waals surface area contributed by atoms with Crippen LogP contribution >= 0.6 is 0 Å². The van der Waals surface area contributed by atoms with E-state index in [9.17, 15) is 9.90 Å². The van der Waals surface area contributed by atoms with Gasteiger partial charge in [0.05, 0.1) is 5.41 Å². The van der Waals surface area contributed by atoms with Crippen LogP contribution in [0.25, 0.3) is 0 Å². The highest BCUT2D eigenvalue weighted by molar-refractivity contribution is 5.75. The van der Waals surface area contributed by atoms with Gasteiger partial charge >= 0.3 is 5.97 Å². The molecule has 1 N–H and O–H groups in total. The number of aliphatic carboxylic acids is 1. The van der Waals surface area contributed by atoms with Gasteiger partial charge in [0.2, 0.25) is 0 Å². The molecule has 3 nitrogen and oxygen atoms in total. The second-order valence-electron chi connectivity index (χ2n) is 5.99. The number of nitrogens with zero attached hydrogens (tertiary/aromatic N) is 1. The van der Waals surface area contributed by atoms with Gasteiger partial charge in [0.1, 0.15) is 0 Å². The first kappa shape index (κ1) is 14.5. The molecule has 100 valence electrons. The molecule has 1 fully saturated rings. The lowest BCUT2D eigenvalue weighted by Gasteiger charge is -2.29. The van der Waals surface area contributed by atoms with Crippen molar-refractivity contribution in [1.82, 2.24) is 4.90 Å². The van der Waals surface area contributed by atoms with Gasteiger partial charge in [-0.05, 0) is 31.2 Å². The van der Waals surface area contributed by atoms with Gasteiger partial charge in [0, 0.05) is 13.1 Å². The van der Waals surface area contributed by atoms with E-state index in [0.717, 1.165) is 26.1 Å². The molecule has 2 unspecified atom stereocenters. The molecule has 1 rings (SSSR count). The molecular weight excluding hydrogens is 214 g/mol. The highest BCUT2D eigenvalue weighted by Crippen LogP contribution is 2.38. The summed E-state index contributed by atoms with van der Waals surface area (Å²) in [5.74, 6) is 0.279. The molecule has 1 aliphatic heterocycles. The summed E-state index contributed by atoms with van der Waals surface area (Å²) in [7, 11) is 0. The minimum Gasteiger partial charge on any atom is -0.481 e. The Morgan fingerprint density at radius 1 is 1.41 bits per heavy atom. The molecule has 0 aromatic heterocycles. The van der Waals surface area contributed by atoms with Gasteiger partial charge in [-0.15, -0.1) is 0 Å². The highest BCUT2D eigenvalue weighted by atomic mass is 16.4. The van der Waals surface area contributed by atoms with Crippen LogP contribution in [0, 0.1) is 17.3 Å². The summed E-state index contributed by atoms with van der Waals surface area (Å²) < 4.78 is 0. The zero-order chi connectivity index (χ0) is 13.1. The number of rotatable bonds is 6. The van der Waals surface area contributed by atoms with E-state index in [4.69, 9.17) is 0 Å². The summed E-state index contributed by atoms with van der Waals surface area (Å²) in [6, 6.07) is 0. The normalized spacial score (nSPS) is 27.6. The molecular formula is C14H27NO2. The monoisotopic (exact) mass is 241 g/mol. The van der Waals surface area contributed by atoms with E-state index < -0.39 is 11.4 Å². The summed E-state index contributed by atoms with van der Waals surface area (Å²) in [5, 5.41) is 9.46. The van der Waals surface area contributed by atoms with Crippen molar-refractivity contribution in [2.45, 2.75) is 47.0 Å². The van der Waals surface area contributed by atoms with E-state index in [1.165, 1.54) is 12.8 Å². The number of carboxylic acid groups (broad SMARTS) is 1. The fourth-order valence-corrected chi connectivity index (χ4v) is 2.99. The van der Waals surface area contributed by atoms with Gasteiger partial charge in [-0.25, -0.2) is 0 Å². The fraction of sp³-hybridized carbons (Fsp3) is 0.929. The average molecular weight is 241 g/mol. The molecule has 0 amide bonds. The van der Waals surface area contributed by atoms with Crippen molar-refractivity contribution >= 4 is 5.97 Å². The molecule has 0 aromatic carbocycles. The molecule has 0 saturated carbocycles. The first-order valence-corrected chi connectivity index (χ1v) is 6.88. The van der Waals surface area contributed by atoms with Crippen LogP contribution in [0.1, 0.15) is 47.0 Å². The quantitative estimate of drug-likeness (QED) is 0.777. The number of hydrogen-bond acceptors (Lipinski definition) is 2. The average Bonchev–Trinajstić information content (AvgIpc) is 2.63. The smallest absolute Gasteiger partial charge is 0.311 e. The zero-order valence-corrected chi connectivity index (χ0v) is 11.7. The SMILES string of the molecule is CCCC(C)CN1CCC(C(=O)O)(C(C)C)C1. The van der Waals surface area contributed by atoms with Crippen molar-refractivity contribution in [1.29, 1.82) is 0 Å². The second-order valence-corrected chi connectivity index (χ2v) is 5.99. The number of carbonyl (C=O) groups is 1. The predicted octanol–water partition coefficient (Wildman–Crippen LogP) is 2.86. The second kappa shape index (κ2) is 5.85. The Bertz CT molecular complexity index is 265. The minimum absolute atomic E-state index is 0.214. The summed E-state index contributed by atoms with van der Waals surface area (Å²) in [6.07, 6.45) is 3.25. The Balaban J connectivity index is 2.58. The van der Waals surface area contributed by atoms with Crippen molar-refractivity contribution in [3.05, 3.63) is 0 Å². The molecule has 1 aliphatic rings. The van der Waals surface area contributed by atoms with Crippen molar-refractivity contribution < 1.29 is 9.90 Å². The standard InChI is InChI=1S/C14H27NO2/c1-5-6-12(4)9-15-8-7-14(10-15,11(2)3)13(16)17/h11-12H,5-10H2,1-4H3,(H,16,17). The van der Waals surface area contributed by atoms with Crippen molar-refractivity contribution in [2.24, 2.45) is 17.3 Å². The Labute approximate surface area is 105 Å². The molecule has 0 bridgehead atoms. The summed E-state index contributed by atoms with van der Waals surface area (Å²) in [6.45, 7) is 11.3. The van der Waals surface area contributed by atoms with Gasteiger partial charge in [-0.3, -0.25) is 4.79 Å². The van der Waals surface area contributed by atoms with E-state index in [2.05, 4.69) is 18.7 Å². The summed E-state index contributed by atoms with van der Waals surface area (Å²) in [4.78, 5) is 13.8. The third-order valence-corrected chi connectivity index (χ3v) is 4.26. The highest BCUT2D eigenvalue weighted by Gasteiger charge is 2.47. The van der Waals surface area contributed by atoms with E-state index in [0.29, 0.717) is 5.92 Å². The Kier molecular flexibility index (Phi) is 4.99. The molecule has 1 saturated heterocycles. The van der Waals surface area contributed by atoms with Gasteiger partial charge in [-0.2, -0.15) is 0 Å². The van der Waals surface area contributed by atoms with Crippen LogP contribution in [0.3, 0.4) is 0 Å². The molecule has 1 heterocycles. The molecule has 0 radical (unpaired) electrons. The van der Waals surface area contributed by atoms with Gasteiger partial charge in [-0.1, -0.05) is 34.1 Å². The molecule has 17 heavy (non-hydrogen) atoms. The third-order valence-electron chi connectivity index (χ3n) is 4.26. The number of hydrogen-bond donors (Lipinski definition) is 1.